The van der Waals surface area contributed by atoms with Crippen molar-refractivity contribution in [3.63, 3.8) is 0 Å². The van der Waals surface area contributed by atoms with Crippen molar-refractivity contribution in [2.45, 2.75) is 32.4 Å². The number of rotatable bonds is 5. The molecular weight excluding hydrogens is 204 g/mol. The van der Waals surface area contributed by atoms with Gasteiger partial charge in [0, 0.05) is 11.7 Å². The minimum atomic E-state index is -0.828. The normalized spacial score (nSPS) is 12.7. The van der Waals surface area contributed by atoms with Crippen molar-refractivity contribution in [2.24, 2.45) is 0 Å². The first-order valence-electron chi connectivity index (χ1n) is 5.32. The van der Waals surface area contributed by atoms with Crippen molar-refractivity contribution in [1.82, 2.24) is 5.32 Å². The van der Waals surface area contributed by atoms with E-state index in [1.807, 2.05) is 26.0 Å². The maximum absolute atomic E-state index is 11.0. The monoisotopic (exact) mass is 222 g/mol. The molecule has 0 radical (unpaired) electrons. The van der Waals surface area contributed by atoms with E-state index in [4.69, 9.17) is 10.8 Å². The molecule has 0 aliphatic carbocycles. The van der Waals surface area contributed by atoms with E-state index >= 15 is 0 Å². The van der Waals surface area contributed by atoms with Crippen LogP contribution >= 0.6 is 0 Å². The summed E-state index contributed by atoms with van der Waals surface area (Å²) in [5.74, 6) is -0.828. The maximum atomic E-state index is 11.0. The summed E-state index contributed by atoms with van der Waals surface area (Å²) in [6, 6.07) is 6.87. The molecule has 0 fully saturated rings. The Morgan fingerprint density at radius 1 is 1.38 bits per heavy atom. The van der Waals surface area contributed by atoms with Gasteiger partial charge in [0.1, 0.15) is 6.04 Å². The van der Waals surface area contributed by atoms with Crippen LogP contribution in [0.15, 0.2) is 24.3 Å². The number of hydrogen-bond acceptors (Lipinski definition) is 3. The molecule has 0 saturated heterocycles. The van der Waals surface area contributed by atoms with Crippen molar-refractivity contribution < 1.29 is 9.90 Å². The number of benzene rings is 1. The Morgan fingerprint density at radius 2 is 1.94 bits per heavy atom. The van der Waals surface area contributed by atoms with Crippen LogP contribution in [0.25, 0.3) is 0 Å². The Labute approximate surface area is 95.5 Å². The third-order valence-corrected chi connectivity index (χ3v) is 2.25. The first kappa shape index (κ1) is 12.5. The summed E-state index contributed by atoms with van der Waals surface area (Å²) in [4.78, 5) is 11.0. The van der Waals surface area contributed by atoms with Crippen LogP contribution < -0.4 is 11.1 Å². The summed E-state index contributed by atoms with van der Waals surface area (Å²) in [5.41, 5.74) is 7.22. The molecule has 0 saturated carbocycles. The molecule has 1 unspecified atom stereocenters. The molecule has 0 aliphatic rings. The second-order valence-corrected chi connectivity index (χ2v) is 4.16. The molecule has 4 nitrogen and oxygen atoms in total. The standard InChI is InChI=1S/C12H18N2O2/c1-8(2)14-11(12(15)16)7-9-3-5-10(13)6-4-9/h3-6,8,11,14H,7,13H2,1-2H3,(H,15,16). The SMILES string of the molecule is CC(C)NC(Cc1ccc(N)cc1)C(=O)O. The lowest BCUT2D eigenvalue weighted by Crippen LogP contribution is -2.42. The first-order chi connectivity index (χ1) is 7.49. The number of carbonyl (C=O) groups is 1. The predicted molar refractivity (Wildman–Crippen MR) is 64.3 cm³/mol. The van der Waals surface area contributed by atoms with Crippen LogP contribution in [0.1, 0.15) is 19.4 Å². The summed E-state index contributed by atoms with van der Waals surface area (Å²) in [5, 5.41) is 12.1. The lowest BCUT2D eigenvalue weighted by Gasteiger charge is -2.17. The number of nitrogens with one attached hydrogen (secondary N) is 1. The van der Waals surface area contributed by atoms with E-state index in [1.54, 1.807) is 12.1 Å². The topological polar surface area (TPSA) is 75.3 Å². The zero-order valence-corrected chi connectivity index (χ0v) is 9.60. The third-order valence-electron chi connectivity index (χ3n) is 2.25. The molecule has 88 valence electrons. The minimum absolute atomic E-state index is 0.148. The van der Waals surface area contributed by atoms with Gasteiger partial charge in [0.05, 0.1) is 0 Å². The summed E-state index contributed by atoms with van der Waals surface area (Å²) < 4.78 is 0. The van der Waals surface area contributed by atoms with Crippen LogP contribution in [-0.4, -0.2) is 23.2 Å². The maximum Gasteiger partial charge on any atom is 0.321 e. The Hall–Kier alpha value is -1.55. The van der Waals surface area contributed by atoms with Crippen molar-refractivity contribution in [1.29, 1.82) is 0 Å². The van der Waals surface area contributed by atoms with E-state index in [2.05, 4.69) is 5.32 Å². The van der Waals surface area contributed by atoms with Crippen LogP contribution in [0.3, 0.4) is 0 Å². The third kappa shape index (κ3) is 3.90. The highest BCUT2D eigenvalue weighted by Gasteiger charge is 2.18. The van der Waals surface area contributed by atoms with Gasteiger partial charge in [-0.05, 0) is 24.1 Å². The highest BCUT2D eigenvalue weighted by atomic mass is 16.4. The number of nitrogen functional groups attached to an aromatic ring is 1. The van der Waals surface area contributed by atoms with Crippen LogP contribution in [0, 0.1) is 0 Å². The van der Waals surface area contributed by atoms with E-state index in [0.29, 0.717) is 12.1 Å². The molecule has 4 heteroatoms. The van der Waals surface area contributed by atoms with Crippen LogP contribution in [0.5, 0.6) is 0 Å². The largest absolute Gasteiger partial charge is 0.480 e. The molecule has 16 heavy (non-hydrogen) atoms. The van der Waals surface area contributed by atoms with Gasteiger partial charge in [0.2, 0.25) is 0 Å². The van der Waals surface area contributed by atoms with E-state index in [9.17, 15) is 4.79 Å². The molecule has 4 N–H and O–H groups in total. The van der Waals surface area contributed by atoms with Gasteiger partial charge in [0.25, 0.3) is 0 Å². The summed E-state index contributed by atoms with van der Waals surface area (Å²) >= 11 is 0. The second kappa shape index (κ2) is 5.51. The van der Waals surface area contributed by atoms with Gasteiger partial charge in [0.15, 0.2) is 0 Å². The van der Waals surface area contributed by atoms with Crippen LogP contribution in [-0.2, 0) is 11.2 Å². The molecule has 0 bridgehead atoms. The predicted octanol–water partition coefficient (Wildman–Crippen LogP) is 1.26. The molecule has 1 aromatic carbocycles. The van der Waals surface area contributed by atoms with Gasteiger partial charge < -0.3 is 16.2 Å². The number of carboxylic acid groups (broad SMARTS) is 1. The van der Waals surface area contributed by atoms with Crippen molar-refractivity contribution in [3.8, 4) is 0 Å². The fourth-order valence-corrected chi connectivity index (χ4v) is 1.51. The van der Waals surface area contributed by atoms with Crippen molar-refractivity contribution in [3.05, 3.63) is 29.8 Å². The summed E-state index contributed by atoms with van der Waals surface area (Å²) in [7, 11) is 0. The molecule has 1 atom stereocenters. The number of carboxylic acids is 1. The molecule has 1 aromatic rings. The molecule has 0 spiro atoms. The van der Waals surface area contributed by atoms with Crippen molar-refractivity contribution in [2.75, 3.05) is 5.73 Å². The minimum Gasteiger partial charge on any atom is -0.480 e. The molecule has 0 aliphatic heterocycles. The van der Waals surface area contributed by atoms with E-state index in [0.717, 1.165) is 5.56 Å². The second-order valence-electron chi connectivity index (χ2n) is 4.16. The average Bonchev–Trinajstić information content (AvgIpc) is 2.19. The lowest BCUT2D eigenvalue weighted by atomic mass is 10.1. The number of nitrogens with two attached hydrogens (primary N) is 1. The highest BCUT2D eigenvalue weighted by Crippen LogP contribution is 2.08. The summed E-state index contributed by atoms with van der Waals surface area (Å²) in [6.45, 7) is 3.86. The number of hydrogen-bond donors (Lipinski definition) is 3. The van der Waals surface area contributed by atoms with Gasteiger partial charge in [-0.25, -0.2) is 0 Å². The average molecular weight is 222 g/mol. The number of aliphatic carboxylic acids is 1. The Kier molecular flexibility index (Phi) is 4.31. The van der Waals surface area contributed by atoms with Gasteiger partial charge in [-0.2, -0.15) is 0 Å². The molecule has 0 heterocycles. The Morgan fingerprint density at radius 3 is 2.38 bits per heavy atom. The fraction of sp³-hybridized carbons (Fsp3) is 0.417. The van der Waals surface area contributed by atoms with E-state index in [-0.39, 0.29) is 6.04 Å². The highest BCUT2D eigenvalue weighted by molar-refractivity contribution is 5.74. The van der Waals surface area contributed by atoms with Crippen LogP contribution in [0.2, 0.25) is 0 Å². The number of anilines is 1. The molecule has 0 amide bonds. The first-order valence-corrected chi connectivity index (χ1v) is 5.32. The molecular formula is C12H18N2O2. The van der Waals surface area contributed by atoms with E-state index in [1.165, 1.54) is 0 Å². The Balaban J connectivity index is 2.68. The Bertz CT molecular complexity index is 347. The van der Waals surface area contributed by atoms with Gasteiger partial charge in [-0.3, -0.25) is 4.79 Å². The molecule has 1 rings (SSSR count). The molecule has 0 aromatic heterocycles. The lowest BCUT2D eigenvalue weighted by molar-refractivity contribution is -0.139. The van der Waals surface area contributed by atoms with Gasteiger partial charge in [-0.15, -0.1) is 0 Å². The van der Waals surface area contributed by atoms with Crippen molar-refractivity contribution >= 4 is 11.7 Å². The van der Waals surface area contributed by atoms with Crippen LogP contribution in [0.4, 0.5) is 5.69 Å². The smallest absolute Gasteiger partial charge is 0.321 e. The van der Waals surface area contributed by atoms with E-state index < -0.39 is 12.0 Å². The quantitative estimate of drug-likeness (QED) is 0.656. The summed E-state index contributed by atoms with van der Waals surface area (Å²) in [6.07, 6.45) is 0.466. The zero-order chi connectivity index (χ0) is 12.1. The zero-order valence-electron chi connectivity index (χ0n) is 9.60. The van der Waals surface area contributed by atoms with Gasteiger partial charge >= 0.3 is 5.97 Å². The fourth-order valence-electron chi connectivity index (χ4n) is 1.51. The van der Waals surface area contributed by atoms with Gasteiger partial charge in [-0.1, -0.05) is 26.0 Å².